The van der Waals surface area contributed by atoms with Crippen LogP contribution in [0.15, 0.2) is 122 Å². The van der Waals surface area contributed by atoms with Crippen LogP contribution in [0.25, 0.3) is 11.3 Å². The molecule has 14 nitrogen and oxygen atoms in total. The first-order valence-electron chi connectivity index (χ1n) is 23.8. The van der Waals surface area contributed by atoms with Gasteiger partial charge in [-0.15, -0.1) is 0 Å². The Balaban J connectivity index is 0.000000178. The van der Waals surface area contributed by atoms with Gasteiger partial charge in [-0.25, -0.2) is 19.0 Å². The molecule has 0 spiro atoms. The molecule has 4 aromatic carbocycles. The van der Waals surface area contributed by atoms with E-state index in [0.717, 1.165) is 110 Å². The summed E-state index contributed by atoms with van der Waals surface area (Å²) >= 11 is 13.1. The number of halogens is 2. The second-order valence-electron chi connectivity index (χ2n) is 18.1. The molecule has 4 aromatic heterocycles. The standard InChI is InChI=1S/2C28H27ClN6O/c2*1-20-5-6-22(16-21(20)8-10-25-18-30-27-4-3-11-31-35(25)27)28(36)32-24-9-7-23(26(29)17-24)19-34-14-12-33(2)13-15-34/h2*3-7,9,11,16-18H,12-15,19H2,1-2H3,(H,32,36). The van der Waals surface area contributed by atoms with Gasteiger partial charge in [0.2, 0.25) is 0 Å². The second kappa shape index (κ2) is 22.8. The van der Waals surface area contributed by atoms with Crippen LogP contribution >= 0.6 is 23.2 Å². The molecule has 0 radical (unpaired) electrons. The van der Waals surface area contributed by atoms with Crippen LogP contribution in [-0.4, -0.2) is 127 Å². The van der Waals surface area contributed by atoms with E-state index in [1.54, 1.807) is 58.1 Å². The third kappa shape index (κ3) is 12.4. The Bertz CT molecular complexity index is 3180. The van der Waals surface area contributed by atoms with Crippen LogP contribution in [0.4, 0.5) is 11.4 Å². The molecule has 16 heteroatoms. The number of likely N-dealkylation sites (N-methyl/N-ethyl adjacent to an activating group) is 2. The Morgan fingerprint density at radius 2 is 0.958 bits per heavy atom. The molecule has 0 aliphatic carbocycles. The predicted molar refractivity (Wildman–Crippen MR) is 285 cm³/mol. The van der Waals surface area contributed by atoms with Gasteiger partial charge in [-0.2, -0.15) is 10.2 Å². The van der Waals surface area contributed by atoms with Crippen LogP contribution < -0.4 is 10.6 Å². The minimum absolute atomic E-state index is 0.211. The van der Waals surface area contributed by atoms with Gasteiger partial charge < -0.3 is 20.4 Å². The zero-order valence-electron chi connectivity index (χ0n) is 40.7. The number of rotatable bonds is 8. The molecule has 8 aromatic rings. The molecule has 2 aliphatic rings. The molecule has 0 saturated carbocycles. The quantitative estimate of drug-likeness (QED) is 0.144. The molecule has 0 bridgehead atoms. The van der Waals surface area contributed by atoms with E-state index in [9.17, 15) is 9.59 Å². The van der Waals surface area contributed by atoms with Gasteiger partial charge in [0.05, 0.1) is 12.4 Å². The number of piperazine rings is 2. The number of fused-ring (bicyclic) bond motifs is 2. The summed E-state index contributed by atoms with van der Waals surface area (Å²) in [7, 11) is 4.29. The zero-order valence-corrected chi connectivity index (χ0v) is 42.2. The van der Waals surface area contributed by atoms with E-state index < -0.39 is 0 Å². The molecule has 2 saturated heterocycles. The summed E-state index contributed by atoms with van der Waals surface area (Å²) in [5.74, 6) is 12.2. The summed E-state index contributed by atoms with van der Waals surface area (Å²) in [6, 6.07) is 29.9. The van der Waals surface area contributed by atoms with E-state index in [-0.39, 0.29) is 11.8 Å². The fraction of sp³-hybridized carbons (Fsp3) is 0.250. The maximum absolute atomic E-state index is 13.0. The number of anilines is 2. The van der Waals surface area contributed by atoms with Crippen molar-refractivity contribution in [3.05, 3.63) is 188 Å². The SMILES string of the molecule is Cc1ccc(C(=O)Nc2ccc(CN3CCN(C)CC3)c(Cl)c2)cc1C#Cc1cnc2cccnn12.Cc1ccc(C(=O)Nc2ccc(CN3CCN(C)CC3)c(Cl)c2)cc1C#Cc1cnc2cccnn12. The zero-order chi connectivity index (χ0) is 50.1. The second-order valence-corrected chi connectivity index (χ2v) is 18.9. The number of nitrogens with one attached hydrogen (secondary N) is 2. The van der Waals surface area contributed by atoms with Crippen LogP contribution in [0.3, 0.4) is 0 Å². The molecule has 2 fully saturated rings. The third-order valence-electron chi connectivity index (χ3n) is 12.8. The number of nitrogens with zero attached hydrogens (tertiary/aromatic N) is 10. The normalized spacial score (nSPS) is 14.4. The maximum Gasteiger partial charge on any atom is 0.255 e. The first-order valence-corrected chi connectivity index (χ1v) is 24.5. The molecular weight excluding hydrogens is 944 g/mol. The molecule has 2 amide bonds. The summed E-state index contributed by atoms with van der Waals surface area (Å²) in [4.78, 5) is 44.1. The molecule has 0 atom stereocenters. The number of imidazole rings is 2. The first kappa shape index (κ1) is 49.6. The van der Waals surface area contributed by atoms with Gasteiger partial charge >= 0.3 is 0 Å². The lowest BCUT2D eigenvalue weighted by atomic mass is 10.0. The van der Waals surface area contributed by atoms with Crippen LogP contribution in [0, 0.1) is 37.5 Å². The Kier molecular flexibility index (Phi) is 15.7. The van der Waals surface area contributed by atoms with E-state index in [1.807, 2.05) is 86.6 Å². The monoisotopic (exact) mass is 996 g/mol. The lowest BCUT2D eigenvalue weighted by molar-refractivity contribution is 0.101. The molecule has 72 heavy (non-hydrogen) atoms. The molecule has 364 valence electrons. The number of benzene rings is 4. The van der Waals surface area contributed by atoms with Gasteiger partial charge in [0.1, 0.15) is 11.4 Å². The number of carbonyl (C=O) groups is 2. The minimum Gasteiger partial charge on any atom is -0.322 e. The van der Waals surface area contributed by atoms with Crippen LogP contribution in [-0.2, 0) is 13.1 Å². The van der Waals surface area contributed by atoms with Gasteiger partial charge in [-0.05, 0) is 135 Å². The lowest BCUT2D eigenvalue weighted by Crippen LogP contribution is -2.43. The van der Waals surface area contributed by atoms with E-state index in [0.29, 0.717) is 43.9 Å². The fourth-order valence-electron chi connectivity index (χ4n) is 8.29. The molecular formula is C56H54Cl2N12O2. The van der Waals surface area contributed by atoms with E-state index >= 15 is 0 Å². The van der Waals surface area contributed by atoms with Crippen molar-refractivity contribution in [2.24, 2.45) is 0 Å². The molecule has 10 rings (SSSR count). The van der Waals surface area contributed by atoms with Crippen molar-refractivity contribution in [2.45, 2.75) is 26.9 Å². The molecule has 6 heterocycles. The maximum atomic E-state index is 13.0. The number of amides is 2. The van der Waals surface area contributed by atoms with Crippen LogP contribution in [0.1, 0.15) is 65.5 Å². The Hall–Kier alpha value is -7.40. The molecule has 2 aliphatic heterocycles. The van der Waals surface area contributed by atoms with Gasteiger partial charge in [-0.3, -0.25) is 19.4 Å². The Morgan fingerprint density at radius 3 is 1.36 bits per heavy atom. The van der Waals surface area contributed by atoms with Gasteiger partial charge in [0.15, 0.2) is 11.3 Å². The van der Waals surface area contributed by atoms with Crippen LogP contribution in [0.2, 0.25) is 10.0 Å². The summed E-state index contributed by atoms with van der Waals surface area (Å²) in [5, 5.41) is 15.8. The average Bonchev–Trinajstić information content (AvgIpc) is 4.00. The number of aromatic nitrogens is 6. The van der Waals surface area contributed by atoms with Crippen molar-refractivity contribution in [3.63, 3.8) is 0 Å². The topological polar surface area (TPSA) is 132 Å². The van der Waals surface area contributed by atoms with Crippen molar-refractivity contribution in [3.8, 4) is 23.7 Å². The van der Waals surface area contributed by atoms with Gasteiger partial charge in [0.25, 0.3) is 11.8 Å². The van der Waals surface area contributed by atoms with Crippen molar-refractivity contribution in [2.75, 3.05) is 77.1 Å². The average molecular weight is 998 g/mol. The third-order valence-corrected chi connectivity index (χ3v) is 13.5. The number of hydrogen-bond donors (Lipinski definition) is 2. The number of aryl methyl sites for hydroxylation is 2. The minimum atomic E-state index is -0.211. The highest BCUT2D eigenvalue weighted by atomic mass is 35.5. The Labute approximate surface area is 429 Å². The first-order chi connectivity index (χ1) is 34.9. The summed E-state index contributed by atoms with van der Waals surface area (Å²) in [6.07, 6.45) is 6.78. The highest BCUT2D eigenvalue weighted by Crippen LogP contribution is 2.26. The van der Waals surface area contributed by atoms with E-state index in [2.05, 4.69) is 88.2 Å². The number of hydrogen-bond acceptors (Lipinski definition) is 10. The summed E-state index contributed by atoms with van der Waals surface area (Å²) < 4.78 is 3.38. The predicted octanol–water partition coefficient (Wildman–Crippen LogP) is 8.18. The largest absolute Gasteiger partial charge is 0.322 e. The summed E-state index contributed by atoms with van der Waals surface area (Å²) in [5.41, 5.74) is 10.9. The fourth-order valence-corrected chi connectivity index (χ4v) is 8.78. The highest BCUT2D eigenvalue weighted by Gasteiger charge is 2.18. The van der Waals surface area contributed by atoms with E-state index in [4.69, 9.17) is 23.2 Å². The highest BCUT2D eigenvalue weighted by molar-refractivity contribution is 6.32. The van der Waals surface area contributed by atoms with Crippen molar-refractivity contribution >= 4 is 57.7 Å². The van der Waals surface area contributed by atoms with Crippen molar-refractivity contribution in [1.82, 2.24) is 48.8 Å². The van der Waals surface area contributed by atoms with Gasteiger partial charge in [0, 0.05) is 122 Å². The van der Waals surface area contributed by atoms with Crippen molar-refractivity contribution < 1.29 is 9.59 Å². The smallest absolute Gasteiger partial charge is 0.255 e. The van der Waals surface area contributed by atoms with Crippen LogP contribution in [0.5, 0.6) is 0 Å². The van der Waals surface area contributed by atoms with Gasteiger partial charge in [-0.1, -0.05) is 59.3 Å². The summed E-state index contributed by atoms with van der Waals surface area (Å²) in [6.45, 7) is 13.9. The van der Waals surface area contributed by atoms with E-state index in [1.165, 1.54) is 0 Å². The number of carbonyl (C=O) groups excluding carboxylic acids is 2. The molecule has 0 unspecified atom stereocenters. The van der Waals surface area contributed by atoms with Crippen molar-refractivity contribution in [1.29, 1.82) is 0 Å². The lowest BCUT2D eigenvalue weighted by Gasteiger charge is -2.32. The molecule has 2 N–H and O–H groups in total. The Morgan fingerprint density at radius 1 is 0.542 bits per heavy atom.